The molecule has 0 aliphatic rings. The average molecular weight is 327 g/mol. The lowest BCUT2D eigenvalue weighted by molar-refractivity contribution is 0.512. The second-order valence-electron chi connectivity index (χ2n) is 5.08. The van der Waals surface area contributed by atoms with Crippen molar-refractivity contribution in [2.24, 2.45) is 7.05 Å². The van der Waals surface area contributed by atoms with Gasteiger partial charge >= 0.3 is 0 Å². The molecule has 0 amide bonds. The molecule has 4 nitrogen and oxygen atoms in total. The summed E-state index contributed by atoms with van der Waals surface area (Å²) in [5.74, 6) is 0. The van der Waals surface area contributed by atoms with E-state index >= 15 is 0 Å². The Morgan fingerprint density at radius 3 is 2.71 bits per heavy atom. The first kappa shape index (κ1) is 16.3. The summed E-state index contributed by atoms with van der Waals surface area (Å²) in [6, 6.07) is 2.04. The summed E-state index contributed by atoms with van der Waals surface area (Å²) < 4.78 is 1.84. The van der Waals surface area contributed by atoms with Gasteiger partial charge in [0.25, 0.3) is 0 Å². The lowest BCUT2D eigenvalue weighted by Gasteiger charge is -2.20. The Kier molecular flexibility index (Phi) is 5.62. The molecule has 2 aromatic rings. The zero-order valence-corrected chi connectivity index (χ0v) is 14.0. The van der Waals surface area contributed by atoms with Crippen molar-refractivity contribution < 1.29 is 0 Å². The van der Waals surface area contributed by atoms with Crippen LogP contribution in [0.5, 0.6) is 0 Å². The number of hydrogen-bond acceptors (Lipinski definition) is 3. The lowest BCUT2D eigenvalue weighted by atomic mass is 10.0. The van der Waals surface area contributed by atoms with Crippen molar-refractivity contribution >= 4 is 23.2 Å². The molecule has 0 aliphatic heterocycles. The Bertz CT molecular complexity index is 610. The van der Waals surface area contributed by atoms with Crippen LogP contribution in [0.1, 0.15) is 36.3 Å². The Balaban J connectivity index is 2.31. The van der Waals surface area contributed by atoms with Crippen LogP contribution < -0.4 is 5.32 Å². The van der Waals surface area contributed by atoms with Crippen molar-refractivity contribution in [3.8, 4) is 0 Å². The third-order valence-corrected chi connectivity index (χ3v) is 4.29. The van der Waals surface area contributed by atoms with Crippen LogP contribution in [0.2, 0.25) is 10.0 Å². The van der Waals surface area contributed by atoms with Crippen molar-refractivity contribution in [3.63, 3.8) is 0 Å². The van der Waals surface area contributed by atoms with Crippen LogP contribution in [0.3, 0.4) is 0 Å². The number of pyridine rings is 1. The number of aromatic nitrogens is 3. The van der Waals surface area contributed by atoms with Crippen LogP contribution in [0.25, 0.3) is 0 Å². The van der Waals surface area contributed by atoms with E-state index in [1.807, 2.05) is 24.7 Å². The van der Waals surface area contributed by atoms with Gasteiger partial charge < -0.3 is 5.32 Å². The lowest BCUT2D eigenvalue weighted by Crippen LogP contribution is -2.25. The highest BCUT2D eigenvalue weighted by atomic mass is 35.5. The van der Waals surface area contributed by atoms with Gasteiger partial charge in [-0.15, -0.1) is 0 Å². The minimum absolute atomic E-state index is 0.0905. The van der Waals surface area contributed by atoms with Gasteiger partial charge in [0.15, 0.2) is 0 Å². The molecule has 0 spiro atoms. The molecular weight excluding hydrogens is 307 g/mol. The molecule has 1 N–H and O–H groups in total. The minimum Gasteiger partial charge on any atom is -0.310 e. The summed E-state index contributed by atoms with van der Waals surface area (Å²) in [6.45, 7) is 4.97. The number of nitrogens with zero attached hydrogens (tertiary/aromatic N) is 3. The highest BCUT2D eigenvalue weighted by Crippen LogP contribution is 2.28. The predicted molar refractivity (Wildman–Crippen MR) is 86.9 cm³/mol. The van der Waals surface area contributed by atoms with E-state index in [1.54, 1.807) is 12.4 Å². The molecule has 6 heteroatoms. The Morgan fingerprint density at radius 1 is 1.38 bits per heavy atom. The molecule has 2 rings (SSSR count). The number of rotatable bonds is 6. The third kappa shape index (κ3) is 3.76. The van der Waals surface area contributed by atoms with E-state index in [0.717, 1.165) is 41.4 Å². The molecule has 0 saturated heterocycles. The maximum Gasteiger partial charge on any atom is 0.0847 e. The van der Waals surface area contributed by atoms with Crippen LogP contribution >= 0.6 is 23.2 Å². The molecule has 114 valence electrons. The zero-order chi connectivity index (χ0) is 15.4. The van der Waals surface area contributed by atoms with Crippen molar-refractivity contribution in [1.82, 2.24) is 20.1 Å². The summed E-state index contributed by atoms with van der Waals surface area (Å²) in [5.41, 5.74) is 2.90. The zero-order valence-electron chi connectivity index (χ0n) is 12.5. The standard InChI is InChI=1S/C15H20Cl2N4/c1-4-6-19-13(11-5-7-18-9-12(11)16)8-14-15(17)10(2)20-21(14)3/h5,7,9,13,19H,4,6,8H2,1-3H3. The van der Waals surface area contributed by atoms with Gasteiger partial charge in [-0.25, -0.2) is 0 Å². The molecule has 1 unspecified atom stereocenters. The van der Waals surface area contributed by atoms with Crippen LogP contribution in [0.15, 0.2) is 18.5 Å². The summed E-state index contributed by atoms with van der Waals surface area (Å²) in [6.07, 6.45) is 5.23. The smallest absolute Gasteiger partial charge is 0.0847 e. The third-order valence-electron chi connectivity index (χ3n) is 3.48. The van der Waals surface area contributed by atoms with Gasteiger partial charge in [0.2, 0.25) is 0 Å². The molecule has 2 aromatic heterocycles. The van der Waals surface area contributed by atoms with E-state index in [0.29, 0.717) is 5.02 Å². The number of nitrogens with one attached hydrogen (secondary N) is 1. The Morgan fingerprint density at radius 2 is 2.14 bits per heavy atom. The van der Waals surface area contributed by atoms with Gasteiger partial charge in [0.05, 0.1) is 21.4 Å². The fraction of sp³-hybridized carbons (Fsp3) is 0.467. The quantitative estimate of drug-likeness (QED) is 0.879. The highest BCUT2D eigenvalue weighted by Gasteiger charge is 2.20. The van der Waals surface area contributed by atoms with Crippen LogP contribution in [0, 0.1) is 6.92 Å². The Hall–Kier alpha value is -1.10. The second kappa shape index (κ2) is 7.25. The van der Waals surface area contributed by atoms with Crippen molar-refractivity contribution in [2.75, 3.05) is 6.54 Å². The van der Waals surface area contributed by atoms with Gasteiger partial charge in [-0.2, -0.15) is 5.10 Å². The molecule has 0 aromatic carbocycles. The van der Waals surface area contributed by atoms with E-state index in [4.69, 9.17) is 23.2 Å². The molecule has 21 heavy (non-hydrogen) atoms. The summed E-state index contributed by atoms with van der Waals surface area (Å²) >= 11 is 12.7. The molecule has 0 saturated carbocycles. The molecule has 0 fully saturated rings. The van der Waals surface area contributed by atoms with E-state index in [-0.39, 0.29) is 6.04 Å². The molecular formula is C15H20Cl2N4. The average Bonchev–Trinajstić information content (AvgIpc) is 2.70. The fourth-order valence-corrected chi connectivity index (χ4v) is 2.86. The van der Waals surface area contributed by atoms with Gasteiger partial charge in [0, 0.05) is 31.9 Å². The molecule has 2 heterocycles. The first-order valence-electron chi connectivity index (χ1n) is 7.05. The monoisotopic (exact) mass is 326 g/mol. The fourth-order valence-electron chi connectivity index (χ4n) is 2.37. The topological polar surface area (TPSA) is 42.7 Å². The first-order chi connectivity index (χ1) is 10.0. The molecule has 0 aliphatic carbocycles. The van der Waals surface area contributed by atoms with Crippen LogP contribution in [0.4, 0.5) is 0 Å². The second-order valence-corrected chi connectivity index (χ2v) is 5.86. The van der Waals surface area contributed by atoms with E-state index < -0.39 is 0 Å². The number of halogens is 2. The molecule has 0 bridgehead atoms. The summed E-state index contributed by atoms with van der Waals surface area (Å²) in [7, 11) is 1.92. The maximum absolute atomic E-state index is 6.36. The minimum atomic E-state index is 0.0905. The van der Waals surface area contributed by atoms with E-state index in [1.165, 1.54) is 0 Å². The largest absolute Gasteiger partial charge is 0.310 e. The van der Waals surface area contributed by atoms with E-state index in [9.17, 15) is 0 Å². The highest BCUT2D eigenvalue weighted by molar-refractivity contribution is 6.32. The summed E-state index contributed by atoms with van der Waals surface area (Å²) in [4.78, 5) is 4.05. The number of hydrogen-bond donors (Lipinski definition) is 1. The van der Waals surface area contributed by atoms with Crippen molar-refractivity contribution in [3.05, 3.63) is 45.5 Å². The van der Waals surface area contributed by atoms with Gasteiger partial charge in [-0.1, -0.05) is 30.1 Å². The first-order valence-corrected chi connectivity index (χ1v) is 7.81. The van der Waals surface area contributed by atoms with Crippen LogP contribution in [-0.4, -0.2) is 21.3 Å². The van der Waals surface area contributed by atoms with Crippen LogP contribution in [-0.2, 0) is 13.5 Å². The van der Waals surface area contributed by atoms with E-state index in [2.05, 4.69) is 22.3 Å². The molecule has 0 radical (unpaired) electrons. The SMILES string of the molecule is CCCNC(Cc1c(Cl)c(C)nn1C)c1ccncc1Cl. The maximum atomic E-state index is 6.36. The van der Waals surface area contributed by atoms with Gasteiger partial charge in [-0.3, -0.25) is 9.67 Å². The van der Waals surface area contributed by atoms with Crippen molar-refractivity contribution in [2.45, 2.75) is 32.7 Å². The normalized spacial score (nSPS) is 12.6. The molecule has 1 atom stereocenters. The Labute approximate surface area is 135 Å². The van der Waals surface area contributed by atoms with Gasteiger partial charge in [0.1, 0.15) is 0 Å². The summed E-state index contributed by atoms with van der Waals surface area (Å²) in [5, 5.41) is 9.29. The number of aryl methyl sites for hydroxylation is 2. The van der Waals surface area contributed by atoms with Crippen molar-refractivity contribution in [1.29, 1.82) is 0 Å². The predicted octanol–water partition coefficient (Wildman–Crippen LogP) is 3.71. The van der Waals surface area contributed by atoms with Gasteiger partial charge in [-0.05, 0) is 31.5 Å².